The van der Waals surface area contributed by atoms with E-state index in [-0.39, 0.29) is 5.92 Å². The van der Waals surface area contributed by atoms with Crippen molar-refractivity contribution in [1.29, 1.82) is 0 Å². The highest BCUT2D eigenvalue weighted by Gasteiger charge is 2.23. The number of hydrogen-bond donors (Lipinski definition) is 0. The lowest BCUT2D eigenvalue weighted by atomic mass is 9.99. The molecule has 0 amide bonds. The van der Waals surface area contributed by atoms with E-state index < -0.39 is 0 Å². The minimum absolute atomic E-state index is 0.179. The normalized spacial score (nSPS) is 24.1. The van der Waals surface area contributed by atoms with Crippen LogP contribution in [0.25, 0.3) is 0 Å². The largest absolute Gasteiger partial charge is 0.468 e. The predicted molar refractivity (Wildman–Crippen MR) is 52.8 cm³/mol. The van der Waals surface area contributed by atoms with E-state index in [1.165, 1.54) is 0 Å². The monoisotopic (exact) mass is 193 g/mol. The minimum Gasteiger partial charge on any atom is -0.468 e. The quantitative estimate of drug-likeness (QED) is 0.716. The Labute approximate surface area is 83.7 Å². The molecule has 1 aromatic heterocycles. The number of nitrogens with zero attached hydrogens (tertiary/aromatic N) is 1. The predicted octanol–water partition coefficient (Wildman–Crippen LogP) is 1.69. The molecule has 1 aliphatic rings. The number of likely N-dealkylation sites (tertiary alicyclic amines) is 1. The van der Waals surface area contributed by atoms with Gasteiger partial charge >= 0.3 is 0 Å². The van der Waals surface area contributed by atoms with Crippen molar-refractivity contribution in [1.82, 2.24) is 4.90 Å². The van der Waals surface area contributed by atoms with Gasteiger partial charge < -0.3 is 4.42 Å². The Bertz CT molecular complexity index is 305. The van der Waals surface area contributed by atoms with E-state index in [1.807, 2.05) is 19.1 Å². The van der Waals surface area contributed by atoms with Crippen LogP contribution < -0.4 is 0 Å². The Hall–Kier alpha value is -1.09. The molecule has 0 radical (unpaired) electrons. The number of carbonyl (C=O) groups excluding carboxylic acids is 1. The first-order chi connectivity index (χ1) is 6.75. The fourth-order valence-corrected chi connectivity index (χ4v) is 1.86. The van der Waals surface area contributed by atoms with Crippen LogP contribution in [0, 0.1) is 5.92 Å². The third kappa shape index (κ3) is 2.04. The van der Waals surface area contributed by atoms with Gasteiger partial charge in [0.2, 0.25) is 0 Å². The van der Waals surface area contributed by atoms with E-state index >= 15 is 0 Å². The molecular weight excluding hydrogens is 178 g/mol. The Morgan fingerprint density at radius 1 is 1.64 bits per heavy atom. The zero-order valence-corrected chi connectivity index (χ0v) is 8.40. The molecule has 0 saturated carbocycles. The number of furan rings is 1. The Morgan fingerprint density at radius 3 is 3.14 bits per heavy atom. The van der Waals surface area contributed by atoms with Crippen LogP contribution in [-0.4, -0.2) is 23.8 Å². The maximum Gasteiger partial charge on any atom is 0.138 e. The highest BCUT2D eigenvalue weighted by Crippen LogP contribution is 2.15. The Kier molecular flexibility index (Phi) is 2.68. The van der Waals surface area contributed by atoms with Gasteiger partial charge in [0.15, 0.2) is 0 Å². The van der Waals surface area contributed by atoms with Gasteiger partial charge in [0.05, 0.1) is 12.8 Å². The second-order valence-corrected chi connectivity index (χ2v) is 3.93. The first kappa shape index (κ1) is 9.46. The first-order valence-corrected chi connectivity index (χ1v) is 5.03. The second kappa shape index (κ2) is 3.96. The van der Waals surface area contributed by atoms with Crippen molar-refractivity contribution in [2.24, 2.45) is 5.92 Å². The molecule has 1 aromatic rings. The van der Waals surface area contributed by atoms with Gasteiger partial charge in [0, 0.05) is 25.4 Å². The highest BCUT2D eigenvalue weighted by molar-refractivity contribution is 5.81. The standard InChI is InChI=1S/C11H15NO2/c1-9-7-12(5-4-11(9)13)8-10-3-2-6-14-10/h2-3,6,9H,4-5,7-8H2,1H3. The average molecular weight is 193 g/mol. The van der Waals surface area contributed by atoms with Gasteiger partial charge in [-0.25, -0.2) is 0 Å². The van der Waals surface area contributed by atoms with Crippen molar-refractivity contribution < 1.29 is 9.21 Å². The SMILES string of the molecule is CC1CN(Cc2ccco2)CCC1=O. The summed E-state index contributed by atoms with van der Waals surface area (Å²) in [5.74, 6) is 1.55. The third-order valence-corrected chi connectivity index (χ3v) is 2.72. The molecular formula is C11H15NO2. The molecule has 0 N–H and O–H groups in total. The number of Topliss-reactive ketones (excluding diaryl/α,β-unsaturated/α-hetero) is 1. The summed E-state index contributed by atoms with van der Waals surface area (Å²) in [4.78, 5) is 13.6. The van der Waals surface area contributed by atoms with Gasteiger partial charge in [-0.05, 0) is 12.1 Å². The number of carbonyl (C=O) groups is 1. The smallest absolute Gasteiger partial charge is 0.138 e. The molecule has 1 saturated heterocycles. The van der Waals surface area contributed by atoms with Crippen molar-refractivity contribution in [3.8, 4) is 0 Å². The van der Waals surface area contributed by atoms with E-state index in [4.69, 9.17) is 4.42 Å². The maximum atomic E-state index is 11.3. The van der Waals surface area contributed by atoms with Gasteiger partial charge in [-0.3, -0.25) is 9.69 Å². The summed E-state index contributed by atoms with van der Waals surface area (Å²) in [6, 6.07) is 3.87. The lowest BCUT2D eigenvalue weighted by Crippen LogP contribution is -2.38. The van der Waals surface area contributed by atoms with E-state index in [0.717, 1.165) is 25.4 Å². The number of rotatable bonds is 2. The van der Waals surface area contributed by atoms with Crippen LogP contribution in [0.15, 0.2) is 22.8 Å². The Balaban J connectivity index is 1.91. The van der Waals surface area contributed by atoms with Crippen LogP contribution in [0.5, 0.6) is 0 Å². The summed E-state index contributed by atoms with van der Waals surface area (Å²) in [5, 5.41) is 0. The molecule has 0 bridgehead atoms. The lowest BCUT2D eigenvalue weighted by Gasteiger charge is -2.28. The summed E-state index contributed by atoms with van der Waals surface area (Å²) in [7, 11) is 0. The van der Waals surface area contributed by atoms with Crippen molar-refractivity contribution in [2.45, 2.75) is 19.9 Å². The number of ketones is 1. The summed E-state index contributed by atoms with van der Waals surface area (Å²) >= 11 is 0. The lowest BCUT2D eigenvalue weighted by molar-refractivity contribution is -0.125. The van der Waals surface area contributed by atoms with E-state index in [2.05, 4.69) is 4.90 Å². The van der Waals surface area contributed by atoms with Crippen LogP contribution in [0.1, 0.15) is 19.1 Å². The highest BCUT2D eigenvalue weighted by atomic mass is 16.3. The number of piperidine rings is 1. The Morgan fingerprint density at radius 2 is 2.50 bits per heavy atom. The topological polar surface area (TPSA) is 33.5 Å². The van der Waals surface area contributed by atoms with Crippen molar-refractivity contribution in [2.75, 3.05) is 13.1 Å². The van der Waals surface area contributed by atoms with Crippen LogP contribution in [-0.2, 0) is 11.3 Å². The molecule has 1 aliphatic heterocycles. The van der Waals surface area contributed by atoms with Gasteiger partial charge in [-0.15, -0.1) is 0 Å². The molecule has 2 heterocycles. The molecule has 1 atom stereocenters. The first-order valence-electron chi connectivity index (χ1n) is 5.03. The van der Waals surface area contributed by atoms with E-state index in [1.54, 1.807) is 6.26 Å². The maximum absolute atomic E-state index is 11.3. The second-order valence-electron chi connectivity index (χ2n) is 3.93. The van der Waals surface area contributed by atoms with Crippen molar-refractivity contribution in [3.63, 3.8) is 0 Å². The van der Waals surface area contributed by atoms with Gasteiger partial charge in [-0.1, -0.05) is 6.92 Å². The fourth-order valence-electron chi connectivity index (χ4n) is 1.86. The molecule has 3 nitrogen and oxygen atoms in total. The molecule has 0 aliphatic carbocycles. The van der Waals surface area contributed by atoms with Gasteiger partial charge in [0.1, 0.15) is 11.5 Å². The third-order valence-electron chi connectivity index (χ3n) is 2.72. The fraction of sp³-hybridized carbons (Fsp3) is 0.545. The average Bonchev–Trinajstić information content (AvgIpc) is 2.64. The van der Waals surface area contributed by atoms with Crippen molar-refractivity contribution >= 4 is 5.78 Å². The summed E-state index contributed by atoms with van der Waals surface area (Å²) in [6.45, 7) is 4.55. The summed E-state index contributed by atoms with van der Waals surface area (Å²) in [5.41, 5.74) is 0. The molecule has 0 aromatic carbocycles. The van der Waals surface area contributed by atoms with Gasteiger partial charge in [-0.2, -0.15) is 0 Å². The molecule has 3 heteroatoms. The zero-order chi connectivity index (χ0) is 9.97. The van der Waals surface area contributed by atoms with Crippen LogP contribution in [0.4, 0.5) is 0 Å². The van der Waals surface area contributed by atoms with Crippen LogP contribution >= 0.6 is 0 Å². The summed E-state index contributed by atoms with van der Waals surface area (Å²) < 4.78 is 5.27. The molecule has 14 heavy (non-hydrogen) atoms. The molecule has 76 valence electrons. The zero-order valence-electron chi connectivity index (χ0n) is 8.40. The molecule has 1 fully saturated rings. The molecule has 1 unspecified atom stereocenters. The molecule has 2 rings (SSSR count). The van der Waals surface area contributed by atoms with Crippen LogP contribution in [0.2, 0.25) is 0 Å². The summed E-state index contributed by atoms with van der Waals surface area (Å²) in [6.07, 6.45) is 2.37. The van der Waals surface area contributed by atoms with Crippen LogP contribution in [0.3, 0.4) is 0 Å². The van der Waals surface area contributed by atoms with E-state index in [9.17, 15) is 4.79 Å². The number of hydrogen-bond acceptors (Lipinski definition) is 3. The molecule has 0 spiro atoms. The van der Waals surface area contributed by atoms with Gasteiger partial charge in [0.25, 0.3) is 0 Å². The minimum atomic E-state index is 0.179. The van der Waals surface area contributed by atoms with E-state index in [0.29, 0.717) is 12.2 Å². The van der Waals surface area contributed by atoms with Crippen molar-refractivity contribution in [3.05, 3.63) is 24.2 Å².